The quantitative estimate of drug-likeness (QED) is 0.765. The number of likely N-dealkylation sites (N-methyl/N-ethyl adjacent to an activating group) is 1. The number of benzene rings is 1. The molecule has 114 valence electrons. The highest BCUT2D eigenvalue weighted by molar-refractivity contribution is 5.96. The molecule has 2 N–H and O–H groups in total. The molecule has 8 heteroatoms. The third-order valence-electron chi connectivity index (χ3n) is 2.88. The number of rotatable bonds is 4. The highest BCUT2D eigenvalue weighted by Crippen LogP contribution is 2.11. The van der Waals surface area contributed by atoms with Crippen LogP contribution < -0.4 is 16.1 Å². The van der Waals surface area contributed by atoms with E-state index in [9.17, 15) is 19.2 Å². The van der Waals surface area contributed by atoms with Gasteiger partial charge in [-0.25, -0.2) is 9.59 Å². The number of nitrogens with zero attached hydrogens (tertiary/aromatic N) is 1. The normalized spacial score (nSPS) is 10.0. The monoisotopic (exact) mass is 303 g/mol. The zero-order valence-corrected chi connectivity index (χ0v) is 11.7. The summed E-state index contributed by atoms with van der Waals surface area (Å²) in [4.78, 5) is 51.3. The lowest BCUT2D eigenvalue weighted by Crippen LogP contribution is -2.33. The van der Waals surface area contributed by atoms with E-state index in [1.807, 2.05) is 11.1 Å². The van der Waals surface area contributed by atoms with Crippen LogP contribution in [-0.4, -0.2) is 35.5 Å². The Morgan fingerprint density at radius 1 is 1.18 bits per heavy atom. The van der Waals surface area contributed by atoms with Crippen LogP contribution in [-0.2, 0) is 9.53 Å². The van der Waals surface area contributed by atoms with E-state index >= 15 is 0 Å². The Balaban J connectivity index is 2.00. The summed E-state index contributed by atoms with van der Waals surface area (Å²) in [5, 5.41) is 0. The Morgan fingerprint density at radius 2 is 1.86 bits per heavy atom. The Kier molecular flexibility index (Phi) is 4.52. The fourth-order valence-corrected chi connectivity index (χ4v) is 1.66. The molecule has 0 aliphatic carbocycles. The number of anilines is 1. The molecule has 0 fully saturated rings. The van der Waals surface area contributed by atoms with Gasteiger partial charge in [-0.05, 0) is 12.1 Å². The number of carbonyl (C=O) groups excluding carboxylic acids is 2. The Bertz CT molecular complexity index is 794. The van der Waals surface area contributed by atoms with Gasteiger partial charge in [0.15, 0.2) is 6.61 Å². The number of hydrogen-bond donors (Lipinski definition) is 2. The number of nitrogens with one attached hydrogen (secondary N) is 2. The third-order valence-corrected chi connectivity index (χ3v) is 2.88. The van der Waals surface area contributed by atoms with E-state index in [2.05, 4.69) is 4.98 Å². The van der Waals surface area contributed by atoms with Gasteiger partial charge in [-0.1, -0.05) is 18.2 Å². The number of para-hydroxylation sites is 1. The summed E-state index contributed by atoms with van der Waals surface area (Å²) in [5.41, 5.74) is -1.35. The van der Waals surface area contributed by atoms with Crippen LogP contribution in [0.3, 0.4) is 0 Å². The molecule has 0 unspecified atom stereocenters. The van der Waals surface area contributed by atoms with Crippen LogP contribution in [0.1, 0.15) is 10.4 Å². The average molecular weight is 303 g/mol. The van der Waals surface area contributed by atoms with Gasteiger partial charge in [-0.3, -0.25) is 14.6 Å². The predicted octanol–water partition coefficient (Wildman–Crippen LogP) is -0.117. The highest BCUT2D eigenvalue weighted by Gasteiger charge is 2.17. The topological polar surface area (TPSA) is 112 Å². The Morgan fingerprint density at radius 3 is 2.50 bits per heavy atom. The molecule has 0 saturated carbocycles. The SMILES string of the molecule is CN(C(=O)COC(=O)c1c[nH]c(=O)[nH]c1=O)c1ccccc1. The molecule has 22 heavy (non-hydrogen) atoms. The van der Waals surface area contributed by atoms with Crippen LogP contribution in [0.2, 0.25) is 0 Å². The number of amides is 1. The number of esters is 1. The fourth-order valence-electron chi connectivity index (χ4n) is 1.66. The van der Waals surface area contributed by atoms with E-state index in [4.69, 9.17) is 4.74 Å². The molecule has 1 aromatic carbocycles. The largest absolute Gasteiger partial charge is 0.452 e. The number of aromatic amines is 2. The first kappa shape index (κ1) is 15.2. The van der Waals surface area contributed by atoms with Gasteiger partial charge in [0.2, 0.25) is 0 Å². The van der Waals surface area contributed by atoms with Crippen molar-refractivity contribution in [3.8, 4) is 0 Å². The van der Waals surface area contributed by atoms with Crippen molar-refractivity contribution < 1.29 is 14.3 Å². The molecular formula is C14H13N3O5. The molecular weight excluding hydrogens is 290 g/mol. The minimum absolute atomic E-state index is 0.380. The van der Waals surface area contributed by atoms with Gasteiger partial charge in [0.1, 0.15) is 5.56 Å². The van der Waals surface area contributed by atoms with Gasteiger partial charge in [0, 0.05) is 18.9 Å². The van der Waals surface area contributed by atoms with Gasteiger partial charge < -0.3 is 14.6 Å². The number of hydrogen-bond acceptors (Lipinski definition) is 5. The van der Waals surface area contributed by atoms with Crippen molar-refractivity contribution in [2.45, 2.75) is 0 Å². The van der Waals surface area contributed by atoms with Crippen molar-refractivity contribution in [3.05, 3.63) is 62.9 Å². The van der Waals surface area contributed by atoms with E-state index in [0.29, 0.717) is 5.69 Å². The van der Waals surface area contributed by atoms with Gasteiger partial charge >= 0.3 is 11.7 Å². The van der Waals surface area contributed by atoms with Crippen LogP contribution in [0.25, 0.3) is 0 Å². The summed E-state index contributed by atoms with van der Waals surface area (Å²) in [7, 11) is 1.54. The van der Waals surface area contributed by atoms with Crippen molar-refractivity contribution >= 4 is 17.6 Å². The molecule has 8 nitrogen and oxygen atoms in total. The second kappa shape index (κ2) is 6.53. The predicted molar refractivity (Wildman–Crippen MR) is 77.8 cm³/mol. The lowest BCUT2D eigenvalue weighted by molar-refractivity contribution is -0.121. The van der Waals surface area contributed by atoms with Crippen molar-refractivity contribution in [2.75, 3.05) is 18.6 Å². The first-order chi connectivity index (χ1) is 10.5. The maximum Gasteiger partial charge on any atom is 0.345 e. The van der Waals surface area contributed by atoms with Crippen molar-refractivity contribution in [1.82, 2.24) is 9.97 Å². The molecule has 0 saturated heterocycles. The summed E-state index contributed by atoms with van der Waals surface area (Å²) < 4.78 is 4.78. The van der Waals surface area contributed by atoms with Gasteiger partial charge in [-0.15, -0.1) is 0 Å². The molecule has 1 aromatic heterocycles. The first-order valence-corrected chi connectivity index (χ1v) is 6.30. The van der Waals surface area contributed by atoms with Crippen molar-refractivity contribution in [1.29, 1.82) is 0 Å². The highest BCUT2D eigenvalue weighted by atomic mass is 16.5. The van der Waals surface area contributed by atoms with E-state index in [1.165, 1.54) is 11.9 Å². The summed E-state index contributed by atoms with van der Waals surface area (Å²) in [5.74, 6) is -1.45. The molecule has 0 radical (unpaired) electrons. The molecule has 1 amide bonds. The van der Waals surface area contributed by atoms with E-state index in [1.54, 1.807) is 24.3 Å². The third kappa shape index (κ3) is 3.48. The smallest absolute Gasteiger partial charge is 0.345 e. The molecule has 0 bridgehead atoms. The number of H-pyrrole nitrogens is 2. The standard InChI is InChI=1S/C14H13N3O5/c1-17(9-5-3-2-4-6-9)11(18)8-22-13(20)10-7-15-14(21)16-12(10)19/h2-7H,8H2,1H3,(H2,15,16,19,21). The fraction of sp³-hybridized carbons (Fsp3) is 0.143. The molecule has 0 aliphatic rings. The van der Waals surface area contributed by atoms with Gasteiger partial charge in [0.05, 0.1) is 0 Å². The maximum absolute atomic E-state index is 11.9. The minimum atomic E-state index is -0.993. The zero-order chi connectivity index (χ0) is 16.1. The van der Waals surface area contributed by atoms with Gasteiger partial charge in [0.25, 0.3) is 11.5 Å². The second-order valence-corrected chi connectivity index (χ2v) is 4.35. The number of aromatic nitrogens is 2. The zero-order valence-electron chi connectivity index (χ0n) is 11.7. The summed E-state index contributed by atoms with van der Waals surface area (Å²) in [6, 6.07) is 8.80. The minimum Gasteiger partial charge on any atom is -0.452 e. The lowest BCUT2D eigenvalue weighted by Gasteiger charge is -2.16. The molecule has 0 atom stereocenters. The lowest BCUT2D eigenvalue weighted by atomic mass is 10.3. The van der Waals surface area contributed by atoms with Crippen LogP contribution in [0.15, 0.2) is 46.1 Å². The maximum atomic E-state index is 11.9. The van der Waals surface area contributed by atoms with E-state index in [0.717, 1.165) is 6.20 Å². The van der Waals surface area contributed by atoms with Crippen molar-refractivity contribution in [2.24, 2.45) is 0 Å². The summed E-state index contributed by atoms with van der Waals surface area (Å²) in [6.45, 7) is -0.525. The molecule has 2 aromatic rings. The van der Waals surface area contributed by atoms with Crippen LogP contribution in [0.5, 0.6) is 0 Å². The van der Waals surface area contributed by atoms with Gasteiger partial charge in [-0.2, -0.15) is 0 Å². The average Bonchev–Trinajstić information content (AvgIpc) is 2.52. The van der Waals surface area contributed by atoms with Crippen molar-refractivity contribution in [3.63, 3.8) is 0 Å². The van der Waals surface area contributed by atoms with Crippen LogP contribution in [0, 0.1) is 0 Å². The van der Waals surface area contributed by atoms with E-state index < -0.39 is 29.7 Å². The number of carbonyl (C=O) groups is 2. The molecule has 0 spiro atoms. The second-order valence-electron chi connectivity index (χ2n) is 4.35. The number of ether oxygens (including phenoxy) is 1. The first-order valence-electron chi connectivity index (χ1n) is 6.30. The van der Waals surface area contributed by atoms with E-state index in [-0.39, 0.29) is 5.56 Å². The molecule has 0 aliphatic heterocycles. The van der Waals surface area contributed by atoms with Crippen LogP contribution >= 0.6 is 0 Å². The Hall–Kier alpha value is -3.16. The molecule has 1 heterocycles. The summed E-state index contributed by atoms with van der Waals surface area (Å²) >= 11 is 0. The molecule has 2 rings (SSSR count). The summed E-state index contributed by atoms with van der Waals surface area (Å²) in [6.07, 6.45) is 0.939. The Labute approximate surface area is 124 Å². The van der Waals surface area contributed by atoms with Crippen LogP contribution in [0.4, 0.5) is 5.69 Å².